The fraction of sp³-hybridized carbons (Fsp3) is 0.600. The van der Waals surface area contributed by atoms with Gasteiger partial charge in [0.15, 0.2) is 0 Å². The highest BCUT2D eigenvalue weighted by Gasteiger charge is 2.18. The predicted molar refractivity (Wildman–Crippen MR) is 72.0 cm³/mol. The molecule has 0 saturated carbocycles. The van der Waals surface area contributed by atoms with E-state index in [1.165, 1.54) is 44.1 Å². The molecule has 0 aromatic rings. The van der Waals surface area contributed by atoms with Crippen molar-refractivity contribution < 1.29 is 0 Å². The van der Waals surface area contributed by atoms with E-state index in [1.807, 2.05) is 0 Å². The van der Waals surface area contributed by atoms with E-state index in [0.717, 1.165) is 0 Å². The van der Waals surface area contributed by atoms with E-state index in [9.17, 15) is 0 Å². The van der Waals surface area contributed by atoms with Crippen molar-refractivity contribution in [3.8, 4) is 0 Å². The molecule has 1 atom stereocenters. The number of rotatable bonds is 6. The van der Waals surface area contributed by atoms with Crippen LogP contribution in [-0.2, 0) is 0 Å². The molecule has 1 aliphatic carbocycles. The monoisotopic (exact) mass is 219 g/mol. The Morgan fingerprint density at radius 1 is 1.25 bits per heavy atom. The third-order valence-corrected chi connectivity index (χ3v) is 3.31. The summed E-state index contributed by atoms with van der Waals surface area (Å²) in [7, 11) is 0. The minimum Gasteiger partial charge on any atom is -0.404 e. The van der Waals surface area contributed by atoms with Gasteiger partial charge in [0, 0.05) is 5.92 Å². The Kier molecular flexibility index (Phi) is 5.99. The molecule has 0 heterocycles. The average molecular weight is 219 g/mol. The molecule has 0 bridgehead atoms. The van der Waals surface area contributed by atoms with E-state index in [1.54, 1.807) is 11.8 Å². The Labute approximate surface area is 100 Å². The van der Waals surface area contributed by atoms with Crippen molar-refractivity contribution in [1.82, 2.24) is 0 Å². The molecule has 1 unspecified atom stereocenters. The van der Waals surface area contributed by atoms with Crippen molar-refractivity contribution in [2.24, 2.45) is 11.7 Å². The van der Waals surface area contributed by atoms with Gasteiger partial charge < -0.3 is 5.73 Å². The molecule has 16 heavy (non-hydrogen) atoms. The van der Waals surface area contributed by atoms with E-state index < -0.39 is 0 Å². The van der Waals surface area contributed by atoms with Crippen molar-refractivity contribution in [2.75, 3.05) is 0 Å². The molecule has 0 spiro atoms. The maximum absolute atomic E-state index is 5.72. The van der Waals surface area contributed by atoms with Crippen LogP contribution < -0.4 is 5.73 Å². The SMILES string of the molecule is CCCCC1=CC=CC(=CN)C1CCCC. The molecule has 0 fully saturated rings. The summed E-state index contributed by atoms with van der Waals surface area (Å²) < 4.78 is 0. The van der Waals surface area contributed by atoms with Gasteiger partial charge in [0.25, 0.3) is 0 Å². The molecule has 0 amide bonds. The lowest BCUT2D eigenvalue weighted by molar-refractivity contribution is 0.570. The van der Waals surface area contributed by atoms with Crippen LogP contribution in [0.5, 0.6) is 0 Å². The number of hydrogen-bond donors (Lipinski definition) is 1. The molecule has 0 radical (unpaired) electrons. The highest BCUT2D eigenvalue weighted by Crippen LogP contribution is 2.32. The van der Waals surface area contributed by atoms with Crippen LogP contribution in [-0.4, -0.2) is 0 Å². The Morgan fingerprint density at radius 3 is 2.62 bits per heavy atom. The van der Waals surface area contributed by atoms with Crippen molar-refractivity contribution in [1.29, 1.82) is 0 Å². The van der Waals surface area contributed by atoms with Crippen LogP contribution in [0.4, 0.5) is 0 Å². The van der Waals surface area contributed by atoms with Gasteiger partial charge in [-0.2, -0.15) is 0 Å². The summed E-state index contributed by atoms with van der Waals surface area (Å²) in [6.45, 7) is 4.50. The van der Waals surface area contributed by atoms with E-state index in [-0.39, 0.29) is 0 Å². The van der Waals surface area contributed by atoms with Gasteiger partial charge in [-0.05, 0) is 31.0 Å². The van der Waals surface area contributed by atoms with E-state index in [2.05, 4.69) is 32.1 Å². The average Bonchev–Trinajstić information content (AvgIpc) is 2.33. The van der Waals surface area contributed by atoms with Gasteiger partial charge >= 0.3 is 0 Å². The van der Waals surface area contributed by atoms with Gasteiger partial charge in [0.2, 0.25) is 0 Å². The second-order valence-electron chi connectivity index (χ2n) is 4.57. The van der Waals surface area contributed by atoms with Crippen molar-refractivity contribution >= 4 is 0 Å². The maximum Gasteiger partial charge on any atom is 0.00654 e. The first-order valence-corrected chi connectivity index (χ1v) is 6.62. The van der Waals surface area contributed by atoms with Crippen LogP contribution in [0, 0.1) is 5.92 Å². The third-order valence-electron chi connectivity index (χ3n) is 3.31. The van der Waals surface area contributed by atoms with E-state index >= 15 is 0 Å². The first-order chi connectivity index (χ1) is 7.83. The molecule has 1 aliphatic rings. The molecule has 90 valence electrons. The van der Waals surface area contributed by atoms with Crippen molar-refractivity contribution in [3.05, 3.63) is 35.6 Å². The van der Waals surface area contributed by atoms with Crippen LogP contribution in [0.2, 0.25) is 0 Å². The molecule has 0 saturated heterocycles. The third kappa shape index (κ3) is 3.55. The lowest BCUT2D eigenvalue weighted by atomic mass is 9.81. The van der Waals surface area contributed by atoms with Crippen molar-refractivity contribution in [3.63, 3.8) is 0 Å². The first kappa shape index (κ1) is 13.1. The standard InChI is InChI=1S/C15H25N/c1-3-5-8-13-9-7-10-14(12-16)15(13)11-6-4-2/h7,9-10,12,15H,3-6,8,11,16H2,1-2H3. The molecule has 0 aromatic carbocycles. The summed E-state index contributed by atoms with van der Waals surface area (Å²) in [4.78, 5) is 0. The highest BCUT2D eigenvalue weighted by molar-refractivity contribution is 5.37. The zero-order valence-corrected chi connectivity index (χ0v) is 10.7. The topological polar surface area (TPSA) is 26.0 Å². The van der Waals surface area contributed by atoms with Gasteiger partial charge in [-0.15, -0.1) is 0 Å². The van der Waals surface area contributed by atoms with Crippen LogP contribution in [0.1, 0.15) is 52.4 Å². The molecule has 1 nitrogen and oxygen atoms in total. The Morgan fingerprint density at radius 2 is 2.00 bits per heavy atom. The first-order valence-electron chi connectivity index (χ1n) is 6.62. The summed E-state index contributed by atoms with van der Waals surface area (Å²) in [6.07, 6.45) is 16.0. The zero-order chi connectivity index (χ0) is 11.8. The normalized spacial score (nSPS) is 22.5. The van der Waals surface area contributed by atoms with Crippen molar-refractivity contribution in [2.45, 2.75) is 52.4 Å². The van der Waals surface area contributed by atoms with E-state index in [0.29, 0.717) is 5.92 Å². The Bertz CT molecular complexity index is 284. The largest absolute Gasteiger partial charge is 0.404 e. The maximum atomic E-state index is 5.72. The molecule has 0 aliphatic heterocycles. The zero-order valence-electron chi connectivity index (χ0n) is 10.7. The predicted octanol–water partition coefficient (Wildman–Crippen LogP) is 4.32. The summed E-state index contributed by atoms with van der Waals surface area (Å²) in [6, 6.07) is 0. The lowest BCUT2D eigenvalue weighted by Crippen LogP contribution is -2.11. The summed E-state index contributed by atoms with van der Waals surface area (Å²) >= 11 is 0. The minimum absolute atomic E-state index is 0.585. The molecule has 1 heteroatoms. The fourth-order valence-corrected chi connectivity index (χ4v) is 2.30. The molecule has 0 aromatic heterocycles. The molecule has 2 N–H and O–H groups in total. The lowest BCUT2D eigenvalue weighted by Gasteiger charge is -2.24. The number of hydrogen-bond acceptors (Lipinski definition) is 1. The van der Waals surface area contributed by atoms with Gasteiger partial charge in [-0.3, -0.25) is 0 Å². The summed E-state index contributed by atoms with van der Waals surface area (Å²) in [5.41, 5.74) is 8.60. The van der Waals surface area contributed by atoms with Gasteiger partial charge in [-0.1, -0.05) is 56.9 Å². The van der Waals surface area contributed by atoms with Crippen LogP contribution in [0.3, 0.4) is 0 Å². The number of nitrogens with two attached hydrogens (primary N) is 1. The quantitative estimate of drug-likeness (QED) is 0.707. The van der Waals surface area contributed by atoms with Gasteiger partial charge in [0.1, 0.15) is 0 Å². The Balaban J connectivity index is 2.69. The second-order valence-corrected chi connectivity index (χ2v) is 4.57. The minimum atomic E-state index is 0.585. The Hall–Kier alpha value is -0.980. The van der Waals surface area contributed by atoms with Crippen LogP contribution in [0.15, 0.2) is 35.6 Å². The molecular formula is C15H25N. The molecule has 1 rings (SSSR count). The second kappa shape index (κ2) is 7.32. The summed E-state index contributed by atoms with van der Waals surface area (Å²) in [5, 5.41) is 0. The smallest absolute Gasteiger partial charge is 0.00654 e. The fourth-order valence-electron chi connectivity index (χ4n) is 2.30. The highest BCUT2D eigenvalue weighted by atomic mass is 14.5. The van der Waals surface area contributed by atoms with Gasteiger partial charge in [0.05, 0.1) is 0 Å². The number of unbranched alkanes of at least 4 members (excludes halogenated alkanes) is 2. The number of allylic oxidation sites excluding steroid dienone is 5. The summed E-state index contributed by atoms with van der Waals surface area (Å²) in [5.74, 6) is 0.585. The van der Waals surface area contributed by atoms with Crippen LogP contribution >= 0.6 is 0 Å². The van der Waals surface area contributed by atoms with Gasteiger partial charge in [-0.25, -0.2) is 0 Å². The van der Waals surface area contributed by atoms with Crippen LogP contribution in [0.25, 0.3) is 0 Å². The van der Waals surface area contributed by atoms with E-state index in [4.69, 9.17) is 5.73 Å². The molecular weight excluding hydrogens is 194 g/mol.